The molecule has 0 radical (unpaired) electrons. The zero-order valence-corrected chi connectivity index (χ0v) is 82.3. The van der Waals surface area contributed by atoms with Gasteiger partial charge in [0.15, 0.2) is 69.9 Å². The normalized spacial score (nSPS) is 10.3. The van der Waals surface area contributed by atoms with Gasteiger partial charge in [-0.2, -0.15) is 0 Å². The molecule has 0 saturated heterocycles. The van der Waals surface area contributed by atoms with E-state index in [1.807, 2.05) is 0 Å². The van der Waals surface area contributed by atoms with Gasteiger partial charge in [-0.25, -0.2) is 59.1 Å². The summed E-state index contributed by atoms with van der Waals surface area (Å²) in [5.74, 6) is -14.7. The number of benzene rings is 8. The van der Waals surface area contributed by atoms with Gasteiger partial charge in [-0.15, -0.1) is 92.6 Å². The van der Waals surface area contributed by atoms with E-state index < -0.39 is 93.9 Å². The van der Waals surface area contributed by atoms with Gasteiger partial charge in [0.25, 0.3) is 0 Å². The number of aryl methyl sites for hydroxylation is 5. The topological polar surface area (TPSA) is 299 Å². The van der Waals surface area contributed by atoms with Crippen molar-refractivity contribution < 1.29 is 137 Å². The zero-order valence-electron chi connectivity index (χ0n) is 68.1. The molecular formula is C85H66BBr3Cl7F8LiNO17PS4. The van der Waals surface area contributed by atoms with Gasteiger partial charge in [-0.1, -0.05) is 135 Å². The molecular weight excluding hydrogens is 2120 g/mol. The average molecular weight is 2190 g/mol. The summed E-state index contributed by atoms with van der Waals surface area (Å²) in [4.78, 5) is 98.4. The van der Waals surface area contributed by atoms with Crippen LogP contribution in [-0.2, 0) is 38.2 Å². The second kappa shape index (κ2) is 52.4. The Balaban J connectivity index is 0.000000334. The smallest absolute Gasteiger partial charge is 0.870 e. The number of carboxylic acids is 1. The third-order valence-corrected chi connectivity index (χ3v) is 22.7. The van der Waals surface area contributed by atoms with Crippen molar-refractivity contribution in [3.05, 3.63) is 298 Å². The second-order valence-corrected chi connectivity index (χ2v) is 42.3. The number of ketones is 3. The first-order valence-corrected chi connectivity index (χ1v) is 47.0. The number of methoxy groups -OCH3 is 5. The zero-order chi connectivity index (χ0) is 94.3. The summed E-state index contributed by atoms with van der Waals surface area (Å²) in [6.07, 6.45) is -0.617. The summed E-state index contributed by atoms with van der Waals surface area (Å²) in [5, 5.41) is 36.0. The van der Waals surface area contributed by atoms with E-state index in [0.29, 0.717) is 26.9 Å². The predicted octanol–water partition coefficient (Wildman–Crippen LogP) is 24.7. The minimum Gasteiger partial charge on any atom is -0.870 e. The van der Waals surface area contributed by atoms with Crippen molar-refractivity contribution >= 4 is 235 Å². The number of phenols is 2. The van der Waals surface area contributed by atoms with Crippen LogP contribution in [0, 0.1) is 81.2 Å². The fourth-order valence-corrected chi connectivity index (χ4v) is 16.2. The molecule has 6 N–H and O–H groups in total. The van der Waals surface area contributed by atoms with Crippen molar-refractivity contribution in [2.24, 2.45) is 0 Å². The largest absolute Gasteiger partial charge is 1.00 e. The Morgan fingerprint density at radius 2 is 0.633 bits per heavy atom. The number of nitrogen functional groups attached to an aromatic ring is 1. The number of esters is 4. The number of hydrogen-bond acceptors (Lipinski definition) is 21. The Bertz CT molecular complexity index is 5670. The molecule has 43 heteroatoms. The van der Waals surface area contributed by atoms with Crippen LogP contribution in [0.3, 0.4) is 0 Å². The van der Waals surface area contributed by atoms with Crippen molar-refractivity contribution in [2.45, 2.75) is 53.9 Å². The number of aromatic carboxylic acids is 1. The molecule has 0 spiro atoms. The van der Waals surface area contributed by atoms with Crippen LogP contribution in [-0.4, -0.2) is 107 Å². The summed E-state index contributed by atoms with van der Waals surface area (Å²) in [6.45, 7) is 7.56. The molecule has 0 saturated carbocycles. The Hall–Kier alpha value is -7.92. The van der Waals surface area contributed by atoms with Gasteiger partial charge in [-0.05, 0) is 162 Å². The van der Waals surface area contributed by atoms with Gasteiger partial charge in [-0.3, -0.25) is 14.4 Å². The molecule has 12 aromatic rings. The number of halogens is 18. The molecule has 0 bridgehead atoms. The van der Waals surface area contributed by atoms with Crippen LogP contribution < -0.4 is 29.3 Å². The van der Waals surface area contributed by atoms with E-state index in [1.165, 1.54) is 162 Å². The first kappa shape index (κ1) is 112. The second-order valence-electron chi connectivity index (χ2n) is 25.7. The number of Topliss-reactive ketones (excluding diaryl/α,β-unsaturated/α-hetero) is 3. The number of hydrogen-bond donors (Lipinski definition) is 4. The van der Waals surface area contributed by atoms with Crippen molar-refractivity contribution in [2.75, 3.05) is 41.3 Å². The van der Waals surface area contributed by atoms with E-state index in [4.69, 9.17) is 110 Å². The molecule has 0 fully saturated rings. The van der Waals surface area contributed by atoms with Crippen molar-refractivity contribution in [3.63, 3.8) is 0 Å². The predicted molar refractivity (Wildman–Crippen MR) is 498 cm³/mol. The van der Waals surface area contributed by atoms with Crippen molar-refractivity contribution in [1.82, 2.24) is 0 Å². The summed E-state index contributed by atoms with van der Waals surface area (Å²) in [5.41, 5.74) is 8.54. The number of carboxylic acid groups (broad SMARTS) is 1. The minimum absolute atomic E-state index is 0. The fourth-order valence-electron chi connectivity index (χ4n) is 11.3. The molecule has 0 aliphatic rings. The SMILES string of the molecule is BrB(Br)Br.COC(=O)c1c(CC(=O)c2cc(Cl)ccc2C)csc1-c1ccc(C)c(F)c1F.COC(=O)c1c(CC(=O)c2cc(Cl)ccc2O)csc1-c1ccc(C)c(F)c1F.COC(=O)c1c(CC(=O)c2cc(Cl)ccc2O)csc1-c1ccc(C)c(F)c1F.COC(=O)c1c(N)csc1-c1ccc(C)c(F)c1F.COc1ccc(Cl)cc1C(=O)O.ClP(Cl)Cl.[Li+].[OH-]. The Kier molecular flexibility index (Phi) is 46.0. The Morgan fingerprint density at radius 3 is 0.922 bits per heavy atom. The quantitative estimate of drug-likeness (QED) is 0.0146. The van der Waals surface area contributed by atoms with Crippen LogP contribution in [0.2, 0.25) is 20.1 Å². The molecule has 4 aromatic heterocycles. The maximum Gasteiger partial charge on any atom is 1.00 e. The van der Waals surface area contributed by atoms with E-state index >= 15 is 0 Å². The van der Waals surface area contributed by atoms with Gasteiger partial charge < -0.3 is 50.2 Å². The van der Waals surface area contributed by atoms with Crippen molar-refractivity contribution in [3.8, 4) is 59.0 Å². The number of carbonyl (C=O) groups excluding carboxylic acids is 7. The van der Waals surface area contributed by atoms with Crippen LogP contribution >= 0.6 is 179 Å². The molecule has 8 aromatic carbocycles. The molecule has 12 rings (SSSR count). The number of carbonyl (C=O) groups is 8. The molecule has 0 aliphatic heterocycles. The van der Waals surface area contributed by atoms with Crippen LogP contribution in [0.1, 0.15) is 127 Å². The first-order valence-electron chi connectivity index (χ1n) is 35.2. The van der Waals surface area contributed by atoms with E-state index in [-0.39, 0.29) is 194 Å². The molecule has 18 nitrogen and oxygen atoms in total. The minimum atomic E-state index is -1.20. The van der Waals surface area contributed by atoms with Crippen LogP contribution in [0.4, 0.5) is 40.8 Å². The maximum absolute atomic E-state index is 14.5. The number of rotatable bonds is 19. The van der Waals surface area contributed by atoms with Gasteiger partial charge in [0.05, 0.1) is 88.6 Å². The number of nitrogens with two attached hydrogens (primary N) is 1. The summed E-state index contributed by atoms with van der Waals surface area (Å²) in [7, 11) is 6.13. The van der Waals surface area contributed by atoms with E-state index in [2.05, 4.69) is 52.0 Å². The molecule has 0 unspecified atom stereocenters. The summed E-state index contributed by atoms with van der Waals surface area (Å²) < 4.78 is 137. The monoisotopic (exact) mass is 2180 g/mol. The number of phenolic OH excluding ortho intramolecular Hbond substituents is 2. The van der Waals surface area contributed by atoms with Crippen molar-refractivity contribution in [1.29, 1.82) is 0 Å². The van der Waals surface area contributed by atoms with Gasteiger partial charge in [0, 0.05) is 72.6 Å². The van der Waals surface area contributed by atoms with Gasteiger partial charge in [0.2, 0.25) is 0 Å². The third kappa shape index (κ3) is 29.5. The van der Waals surface area contributed by atoms with Crippen LogP contribution in [0.25, 0.3) is 41.8 Å². The number of aromatic hydroxyl groups is 2. The van der Waals surface area contributed by atoms with Crippen LogP contribution in [0.15, 0.2) is 143 Å². The number of thiophene rings is 4. The molecule has 0 aliphatic carbocycles. The molecule has 672 valence electrons. The van der Waals surface area contributed by atoms with Crippen LogP contribution in [0.5, 0.6) is 17.2 Å². The summed E-state index contributed by atoms with van der Waals surface area (Å²) >= 11 is 51.4. The van der Waals surface area contributed by atoms with Gasteiger partial charge >= 0.3 is 51.9 Å². The fraction of sp³-hybridized carbons (Fsp3) is 0.153. The Labute approximate surface area is 816 Å². The molecule has 0 amide bonds. The average Bonchev–Trinajstić information content (AvgIpc) is 1.58. The third-order valence-electron chi connectivity index (χ3n) is 17.5. The first-order chi connectivity index (χ1) is 59.3. The number of anilines is 1. The molecule has 128 heavy (non-hydrogen) atoms. The number of ether oxygens (including phenoxy) is 5. The standard InChI is InChI=1S/C22H17ClF2O3S.2C21H15ClF2O4S.C13H11F2NO2S.C8H7ClO3.BBr3.Cl3P.Li.H2O/c1-11-4-6-14(23)9-16(11)17(26)8-13-10-29-21(18(13)22(27)28-3)15-7-5-12(2)19(24)20(15)25;2*1-10-3-5-13(19(24)18(10)23)20-17(21(27)28-2)11(9-29-20)7-16(26)14-8-12(22)4-6-15(14)25;1-6-3-4-7(11(15)10(6)14)12-9(13(17)18-2)8(16)5-19-12;1-12-7-3-2-5(9)4-6(7)8(10)11;2-1(3)4;1-4(2)3;;/h4-7,9-10H,8H2,1-3H3;2*3-6,8-9,25H,7H2,1-2H3;3-5H,16H2,1-2H3;2-4H,1H3,(H,10,11);;;;1H2/q;;;;;;;+1;/p-1. The Morgan fingerprint density at radius 1 is 0.391 bits per heavy atom. The summed E-state index contributed by atoms with van der Waals surface area (Å²) in [6, 6.07) is 28.8. The van der Waals surface area contributed by atoms with E-state index in [0.717, 1.165) is 65.1 Å². The van der Waals surface area contributed by atoms with Gasteiger partial charge in [0.1, 0.15) is 28.4 Å². The molecule has 0 atom stereocenters. The maximum atomic E-state index is 14.5. The van der Waals surface area contributed by atoms with E-state index in [9.17, 15) is 83.7 Å². The van der Waals surface area contributed by atoms with E-state index in [1.54, 1.807) is 36.6 Å². The molecule has 4 heterocycles.